The topological polar surface area (TPSA) is 59.1 Å². The molecule has 0 saturated carbocycles. The molecule has 26 heavy (non-hydrogen) atoms. The molecule has 0 N–H and O–H groups in total. The van der Waals surface area contributed by atoms with Gasteiger partial charge in [0.15, 0.2) is 6.61 Å². The summed E-state index contributed by atoms with van der Waals surface area (Å²) < 4.78 is 10.7. The quantitative estimate of drug-likeness (QED) is 0.771. The molecule has 1 aromatic rings. The Morgan fingerprint density at radius 1 is 1.12 bits per heavy atom. The smallest absolute Gasteiger partial charge is 0.340 e. The van der Waals surface area contributed by atoms with Crippen molar-refractivity contribution in [3.63, 3.8) is 0 Å². The molecule has 2 heterocycles. The number of amides is 1. The van der Waals surface area contributed by atoms with Crippen LogP contribution in [0.2, 0.25) is 0 Å². The summed E-state index contributed by atoms with van der Waals surface area (Å²) in [4.78, 5) is 28.9. The van der Waals surface area contributed by atoms with Gasteiger partial charge in [-0.15, -0.1) is 0 Å². The van der Waals surface area contributed by atoms with Crippen molar-refractivity contribution in [3.05, 3.63) is 29.8 Å². The molecule has 0 bridgehead atoms. The first kappa shape index (κ1) is 18.7. The van der Waals surface area contributed by atoms with Gasteiger partial charge in [0.05, 0.1) is 24.5 Å². The lowest BCUT2D eigenvalue weighted by molar-refractivity contribution is -0.137. The largest absolute Gasteiger partial charge is 0.452 e. The zero-order valence-corrected chi connectivity index (χ0v) is 15.6. The molecule has 6 nitrogen and oxygen atoms in total. The van der Waals surface area contributed by atoms with Crippen molar-refractivity contribution in [2.45, 2.75) is 20.3 Å². The molecule has 0 aliphatic carbocycles. The molecule has 1 amide bonds. The van der Waals surface area contributed by atoms with Crippen molar-refractivity contribution in [1.29, 1.82) is 0 Å². The van der Waals surface area contributed by atoms with Crippen molar-refractivity contribution in [1.82, 2.24) is 4.90 Å². The number of carbonyl (C=O) groups is 2. The second-order valence-corrected chi connectivity index (χ2v) is 7.44. The third kappa shape index (κ3) is 4.55. The minimum Gasteiger partial charge on any atom is -0.452 e. The van der Waals surface area contributed by atoms with Gasteiger partial charge in [-0.05, 0) is 30.4 Å². The van der Waals surface area contributed by atoms with Gasteiger partial charge in [-0.1, -0.05) is 26.0 Å². The van der Waals surface area contributed by atoms with E-state index in [-0.39, 0.29) is 12.5 Å². The van der Waals surface area contributed by atoms with Crippen LogP contribution < -0.4 is 4.90 Å². The lowest BCUT2D eigenvalue weighted by atomic mass is 9.92. The SMILES string of the molecule is CC1CC(C)CN(C(=O)COC(=O)c2ccccc2N2CCOCC2)C1. The maximum atomic E-state index is 12.6. The molecule has 2 atom stereocenters. The van der Waals surface area contributed by atoms with E-state index in [2.05, 4.69) is 18.7 Å². The van der Waals surface area contributed by atoms with E-state index in [1.54, 1.807) is 6.07 Å². The molecule has 6 heteroatoms. The molecule has 1 aromatic carbocycles. The molecular weight excluding hydrogens is 332 g/mol. The highest BCUT2D eigenvalue weighted by Gasteiger charge is 2.26. The Balaban J connectivity index is 1.61. The molecule has 3 rings (SSSR count). The fraction of sp³-hybridized carbons (Fsp3) is 0.600. The molecule has 2 fully saturated rings. The number of morpholine rings is 1. The van der Waals surface area contributed by atoms with E-state index in [0.717, 1.165) is 38.3 Å². The number of piperidine rings is 1. The van der Waals surface area contributed by atoms with E-state index in [1.807, 2.05) is 23.1 Å². The molecule has 2 aliphatic heterocycles. The normalized spacial score (nSPS) is 23.6. The lowest BCUT2D eigenvalue weighted by Gasteiger charge is -2.34. The summed E-state index contributed by atoms with van der Waals surface area (Å²) in [6, 6.07) is 7.39. The van der Waals surface area contributed by atoms with Gasteiger partial charge in [-0.3, -0.25) is 4.79 Å². The second-order valence-electron chi connectivity index (χ2n) is 7.44. The minimum atomic E-state index is -0.446. The number of hydrogen-bond acceptors (Lipinski definition) is 5. The van der Waals surface area contributed by atoms with Crippen LogP contribution in [-0.4, -0.2) is 62.8 Å². The van der Waals surface area contributed by atoms with Crippen molar-refractivity contribution in [3.8, 4) is 0 Å². The number of benzene rings is 1. The summed E-state index contributed by atoms with van der Waals surface area (Å²) in [5.41, 5.74) is 1.34. The summed E-state index contributed by atoms with van der Waals surface area (Å²) in [6.45, 7) is 8.37. The maximum absolute atomic E-state index is 12.6. The number of anilines is 1. The molecule has 2 saturated heterocycles. The van der Waals surface area contributed by atoms with Gasteiger partial charge in [0.25, 0.3) is 5.91 Å². The van der Waals surface area contributed by atoms with E-state index in [9.17, 15) is 9.59 Å². The van der Waals surface area contributed by atoms with Crippen LogP contribution in [0.3, 0.4) is 0 Å². The highest BCUT2D eigenvalue weighted by Crippen LogP contribution is 2.23. The first-order chi connectivity index (χ1) is 12.5. The Morgan fingerprint density at radius 2 is 1.77 bits per heavy atom. The van der Waals surface area contributed by atoms with Gasteiger partial charge >= 0.3 is 5.97 Å². The molecule has 2 aliphatic rings. The molecule has 0 aromatic heterocycles. The number of likely N-dealkylation sites (tertiary alicyclic amines) is 1. The average molecular weight is 360 g/mol. The average Bonchev–Trinajstić information content (AvgIpc) is 2.65. The van der Waals surface area contributed by atoms with Crippen LogP contribution in [0.25, 0.3) is 0 Å². The number of esters is 1. The first-order valence-electron chi connectivity index (χ1n) is 9.41. The first-order valence-corrected chi connectivity index (χ1v) is 9.41. The number of para-hydroxylation sites is 1. The van der Waals surface area contributed by atoms with Crippen molar-refractivity contribution in [2.75, 3.05) is 50.9 Å². The zero-order chi connectivity index (χ0) is 18.5. The molecular formula is C20H28N2O4. The number of rotatable bonds is 4. The maximum Gasteiger partial charge on any atom is 0.340 e. The van der Waals surface area contributed by atoms with Crippen LogP contribution in [0.1, 0.15) is 30.6 Å². The third-order valence-corrected chi connectivity index (χ3v) is 5.02. The molecule has 2 unspecified atom stereocenters. The molecule has 142 valence electrons. The van der Waals surface area contributed by atoms with Gasteiger partial charge < -0.3 is 19.3 Å². The van der Waals surface area contributed by atoms with Gasteiger partial charge in [-0.2, -0.15) is 0 Å². The Hall–Kier alpha value is -2.08. The minimum absolute atomic E-state index is 0.111. The highest BCUT2D eigenvalue weighted by molar-refractivity contribution is 5.97. The molecule has 0 radical (unpaired) electrons. The number of hydrogen-bond donors (Lipinski definition) is 0. The predicted octanol–water partition coefficient (Wildman–Crippen LogP) is 2.18. The fourth-order valence-corrected chi connectivity index (χ4v) is 3.89. The van der Waals surface area contributed by atoms with E-state index in [0.29, 0.717) is 30.6 Å². The van der Waals surface area contributed by atoms with Crippen LogP contribution in [-0.2, 0) is 14.3 Å². The summed E-state index contributed by atoms with van der Waals surface area (Å²) in [6.07, 6.45) is 1.14. The van der Waals surface area contributed by atoms with Crippen LogP contribution in [0.4, 0.5) is 5.69 Å². The number of nitrogens with zero attached hydrogens (tertiary/aromatic N) is 2. The van der Waals surface area contributed by atoms with E-state index in [1.165, 1.54) is 0 Å². The Labute approximate surface area is 155 Å². The lowest BCUT2D eigenvalue weighted by Crippen LogP contribution is -2.44. The van der Waals surface area contributed by atoms with E-state index in [4.69, 9.17) is 9.47 Å². The van der Waals surface area contributed by atoms with Gasteiger partial charge in [-0.25, -0.2) is 4.79 Å². The molecule has 0 spiro atoms. The van der Waals surface area contributed by atoms with Gasteiger partial charge in [0.2, 0.25) is 0 Å². The van der Waals surface area contributed by atoms with Crippen molar-refractivity contribution in [2.24, 2.45) is 11.8 Å². The second kappa shape index (κ2) is 8.54. The Bertz CT molecular complexity index is 632. The van der Waals surface area contributed by atoms with Crippen molar-refractivity contribution < 1.29 is 19.1 Å². The number of ether oxygens (including phenoxy) is 2. The zero-order valence-electron chi connectivity index (χ0n) is 15.6. The van der Waals surface area contributed by atoms with Gasteiger partial charge in [0, 0.05) is 26.2 Å². The number of carbonyl (C=O) groups excluding carboxylic acids is 2. The Morgan fingerprint density at radius 3 is 2.46 bits per heavy atom. The summed E-state index contributed by atoms with van der Waals surface area (Å²) in [5, 5.41) is 0. The Kier molecular flexibility index (Phi) is 6.14. The predicted molar refractivity (Wildman–Crippen MR) is 99.3 cm³/mol. The van der Waals surface area contributed by atoms with Crippen molar-refractivity contribution >= 4 is 17.6 Å². The van der Waals surface area contributed by atoms with Gasteiger partial charge in [0.1, 0.15) is 0 Å². The van der Waals surface area contributed by atoms with Crippen LogP contribution in [0.15, 0.2) is 24.3 Å². The van der Waals surface area contributed by atoms with E-state index < -0.39 is 5.97 Å². The summed E-state index contributed by atoms with van der Waals surface area (Å²) in [5.74, 6) is 0.417. The third-order valence-electron chi connectivity index (χ3n) is 5.02. The van der Waals surface area contributed by atoms with Crippen LogP contribution in [0, 0.1) is 11.8 Å². The van der Waals surface area contributed by atoms with Crippen LogP contribution in [0.5, 0.6) is 0 Å². The standard InChI is InChI=1S/C20H28N2O4/c1-15-11-16(2)13-22(12-15)19(23)14-26-20(24)17-5-3-4-6-18(17)21-7-9-25-10-8-21/h3-6,15-16H,7-14H2,1-2H3. The summed E-state index contributed by atoms with van der Waals surface area (Å²) >= 11 is 0. The monoisotopic (exact) mass is 360 g/mol. The summed E-state index contributed by atoms with van der Waals surface area (Å²) in [7, 11) is 0. The highest BCUT2D eigenvalue weighted by atomic mass is 16.5. The fourth-order valence-electron chi connectivity index (χ4n) is 3.89. The van der Waals surface area contributed by atoms with Crippen LogP contribution >= 0.6 is 0 Å². The van der Waals surface area contributed by atoms with E-state index >= 15 is 0 Å².